The Morgan fingerprint density at radius 3 is 2.85 bits per heavy atom. The SMILES string of the molecule is Cc1occc1C(N)c1ccsc1. The van der Waals surface area contributed by atoms with Crippen molar-refractivity contribution in [2.24, 2.45) is 5.73 Å². The molecule has 2 rings (SSSR count). The average Bonchev–Trinajstić information content (AvgIpc) is 2.72. The Kier molecular flexibility index (Phi) is 2.20. The normalized spacial score (nSPS) is 13.1. The van der Waals surface area contributed by atoms with Crippen molar-refractivity contribution >= 4 is 11.3 Å². The fraction of sp³-hybridized carbons (Fsp3) is 0.200. The lowest BCUT2D eigenvalue weighted by atomic mass is 10.0. The van der Waals surface area contributed by atoms with E-state index in [0.29, 0.717) is 0 Å². The molecule has 1 unspecified atom stereocenters. The second-order valence-electron chi connectivity index (χ2n) is 2.97. The van der Waals surface area contributed by atoms with E-state index in [-0.39, 0.29) is 6.04 Å². The van der Waals surface area contributed by atoms with Gasteiger partial charge in [-0.2, -0.15) is 11.3 Å². The topological polar surface area (TPSA) is 39.2 Å². The second-order valence-corrected chi connectivity index (χ2v) is 3.75. The highest BCUT2D eigenvalue weighted by Crippen LogP contribution is 2.24. The lowest BCUT2D eigenvalue weighted by Gasteiger charge is -2.07. The van der Waals surface area contributed by atoms with Crippen LogP contribution in [0.2, 0.25) is 0 Å². The number of furan rings is 1. The Morgan fingerprint density at radius 2 is 2.31 bits per heavy atom. The van der Waals surface area contributed by atoms with Gasteiger partial charge in [0.2, 0.25) is 0 Å². The summed E-state index contributed by atoms with van der Waals surface area (Å²) in [5, 5.41) is 4.10. The lowest BCUT2D eigenvalue weighted by Crippen LogP contribution is -2.10. The monoisotopic (exact) mass is 193 g/mol. The van der Waals surface area contributed by atoms with Crippen LogP contribution in [0.1, 0.15) is 22.9 Å². The van der Waals surface area contributed by atoms with E-state index in [9.17, 15) is 0 Å². The highest BCUT2D eigenvalue weighted by Gasteiger charge is 2.13. The van der Waals surface area contributed by atoms with E-state index in [1.807, 2.05) is 24.4 Å². The summed E-state index contributed by atoms with van der Waals surface area (Å²) < 4.78 is 5.21. The Balaban J connectivity index is 2.33. The van der Waals surface area contributed by atoms with Crippen LogP contribution in [0.3, 0.4) is 0 Å². The summed E-state index contributed by atoms with van der Waals surface area (Å²) in [6.45, 7) is 1.93. The second kappa shape index (κ2) is 3.36. The molecule has 2 heterocycles. The van der Waals surface area contributed by atoms with Gasteiger partial charge in [-0.3, -0.25) is 0 Å². The molecule has 68 valence electrons. The predicted molar refractivity (Wildman–Crippen MR) is 53.8 cm³/mol. The van der Waals surface area contributed by atoms with E-state index >= 15 is 0 Å². The molecule has 0 radical (unpaired) electrons. The summed E-state index contributed by atoms with van der Waals surface area (Å²) in [4.78, 5) is 0. The Labute approximate surface area is 81.0 Å². The third-order valence-corrected chi connectivity index (χ3v) is 2.84. The number of nitrogens with two attached hydrogens (primary N) is 1. The summed E-state index contributed by atoms with van der Waals surface area (Å²) in [5.74, 6) is 0.902. The van der Waals surface area contributed by atoms with Crippen molar-refractivity contribution in [2.75, 3.05) is 0 Å². The Bertz CT molecular complexity index is 377. The van der Waals surface area contributed by atoms with E-state index in [4.69, 9.17) is 10.2 Å². The van der Waals surface area contributed by atoms with Gasteiger partial charge in [0, 0.05) is 5.56 Å². The van der Waals surface area contributed by atoms with E-state index in [0.717, 1.165) is 16.9 Å². The van der Waals surface area contributed by atoms with Crippen LogP contribution in [0.4, 0.5) is 0 Å². The smallest absolute Gasteiger partial charge is 0.105 e. The molecule has 0 aliphatic carbocycles. The van der Waals surface area contributed by atoms with Crippen molar-refractivity contribution in [1.29, 1.82) is 0 Å². The first-order valence-electron chi connectivity index (χ1n) is 4.10. The first kappa shape index (κ1) is 8.53. The zero-order valence-corrected chi connectivity index (χ0v) is 8.17. The first-order valence-corrected chi connectivity index (χ1v) is 5.05. The van der Waals surface area contributed by atoms with Gasteiger partial charge in [-0.05, 0) is 35.4 Å². The van der Waals surface area contributed by atoms with Crippen LogP contribution in [0.5, 0.6) is 0 Å². The maximum atomic E-state index is 6.05. The first-order chi connectivity index (χ1) is 6.29. The molecule has 2 aromatic heterocycles. The largest absolute Gasteiger partial charge is 0.469 e. The highest BCUT2D eigenvalue weighted by molar-refractivity contribution is 7.08. The van der Waals surface area contributed by atoms with Gasteiger partial charge in [0.15, 0.2) is 0 Å². The fourth-order valence-corrected chi connectivity index (χ4v) is 2.05. The number of aryl methyl sites for hydroxylation is 1. The van der Waals surface area contributed by atoms with Crippen molar-refractivity contribution in [3.8, 4) is 0 Å². The average molecular weight is 193 g/mol. The van der Waals surface area contributed by atoms with E-state index in [1.165, 1.54) is 0 Å². The number of rotatable bonds is 2. The zero-order valence-electron chi connectivity index (χ0n) is 7.36. The quantitative estimate of drug-likeness (QED) is 0.796. The minimum atomic E-state index is -0.0509. The van der Waals surface area contributed by atoms with Crippen LogP contribution < -0.4 is 5.73 Å². The molecule has 0 bridgehead atoms. The molecule has 2 aromatic rings. The summed E-state index contributed by atoms with van der Waals surface area (Å²) >= 11 is 1.66. The van der Waals surface area contributed by atoms with Crippen LogP contribution >= 0.6 is 11.3 Å². The fourth-order valence-electron chi connectivity index (χ4n) is 1.35. The van der Waals surface area contributed by atoms with Crippen LogP contribution in [0.15, 0.2) is 33.6 Å². The van der Waals surface area contributed by atoms with Gasteiger partial charge < -0.3 is 10.2 Å². The van der Waals surface area contributed by atoms with Crippen LogP contribution in [-0.4, -0.2) is 0 Å². The molecule has 2 nitrogen and oxygen atoms in total. The molecular weight excluding hydrogens is 182 g/mol. The highest BCUT2D eigenvalue weighted by atomic mass is 32.1. The number of hydrogen-bond donors (Lipinski definition) is 1. The molecule has 0 fully saturated rings. The standard InChI is InChI=1S/C10H11NOS/c1-7-9(2-4-12-7)10(11)8-3-5-13-6-8/h2-6,10H,11H2,1H3. The molecule has 0 aliphatic heterocycles. The summed E-state index contributed by atoms with van der Waals surface area (Å²) in [6.07, 6.45) is 1.68. The van der Waals surface area contributed by atoms with Crippen molar-refractivity contribution in [2.45, 2.75) is 13.0 Å². The zero-order chi connectivity index (χ0) is 9.26. The Hall–Kier alpha value is -1.06. The third kappa shape index (κ3) is 1.53. The van der Waals surface area contributed by atoms with Crippen LogP contribution in [0, 0.1) is 6.92 Å². The molecule has 0 aliphatic rings. The Morgan fingerprint density at radius 1 is 1.46 bits per heavy atom. The van der Waals surface area contributed by atoms with Gasteiger partial charge >= 0.3 is 0 Å². The molecule has 0 amide bonds. The van der Waals surface area contributed by atoms with Gasteiger partial charge in [0.25, 0.3) is 0 Å². The lowest BCUT2D eigenvalue weighted by molar-refractivity contribution is 0.527. The van der Waals surface area contributed by atoms with Gasteiger partial charge in [0.05, 0.1) is 12.3 Å². The van der Waals surface area contributed by atoms with Crippen LogP contribution in [-0.2, 0) is 0 Å². The van der Waals surface area contributed by atoms with Gasteiger partial charge in [-0.15, -0.1) is 0 Å². The summed E-state index contributed by atoms with van der Waals surface area (Å²) in [7, 11) is 0. The van der Waals surface area contributed by atoms with Crippen molar-refractivity contribution in [3.63, 3.8) is 0 Å². The third-order valence-electron chi connectivity index (χ3n) is 2.14. The van der Waals surface area contributed by atoms with Crippen molar-refractivity contribution < 1.29 is 4.42 Å². The van der Waals surface area contributed by atoms with Gasteiger partial charge in [0.1, 0.15) is 5.76 Å². The molecule has 0 aromatic carbocycles. The summed E-state index contributed by atoms with van der Waals surface area (Å²) in [5.41, 5.74) is 8.27. The van der Waals surface area contributed by atoms with E-state index < -0.39 is 0 Å². The van der Waals surface area contributed by atoms with Crippen molar-refractivity contribution in [3.05, 3.63) is 46.0 Å². The molecule has 2 N–H and O–H groups in total. The van der Waals surface area contributed by atoms with Crippen LogP contribution in [0.25, 0.3) is 0 Å². The summed E-state index contributed by atoms with van der Waals surface area (Å²) in [6, 6.07) is 3.92. The molecule has 0 spiro atoms. The molecule has 3 heteroatoms. The van der Waals surface area contributed by atoms with Gasteiger partial charge in [-0.1, -0.05) is 0 Å². The molecule has 0 saturated heterocycles. The van der Waals surface area contributed by atoms with Gasteiger partial charge in [-0.25, -0.2) is 0 Å². The van der Waals surface area contributed by atoms with Crippen molar-refractivity contribution in [1.82, 2.24) is 0 Å². The molecular formula is C10H11NOS. The maximum Gasteiger partial charge on any atom is 0.105 e. The molecule has 13 heavy (non-hydrogen) atoms. The predicted octanol–water partition coefficient (Wildman–Crippen LogP) is 2.70. The number of hydrogen-bond acceptors (Lipinski definition) is 3. The maximum absolute atomic E-state index is 6.05. The van der Waals surface area contributed by atoms with E-state index in [2.05, 4.69) is 5.38 Å². The minimum absolute atomic E-state index is 0.0509. The minimum Gasteiger partial charge on any atom is -0.469 e. The molecule has 1 atom stereocenters. The number of thiophene rings is 1. The molecule has 0 saturated carbocycles. The van der Waals surface area contributed by atoms with E-state index in [1.54, 1.807) is 17.6 Å².